The van der Waals surface area contributed by atoms with Gasteiger partial charge in [0, 0.05) is 37.1 Å². The maximum Gasteiger partial charge on any atom is 0.338 e. The van der Waals surface area contributed by atoms with E-state index in [2.05, 4.69) is 16.5 Å². The predicted molar refractivity (Wildman–Crippen MR) is 90.0 cm³/mol. The van der Waals surface area contributed by atoms with Crippen molar-refractivity contribution in [3.8, 4) is 0 Å². The summed E-state index contributed by atoms with van der Waals surface area (Å²) >= 11 is 0. The molecule has 0 bridgehead atoms. The Labute approximate surface area is 136 Å². The molecule has 5 heteroatoms. The lowest BCUT2D eigenvalue weighted by atomic mass is 10.0. The first-order chi connectivity index (χ1) is 10.9. The summed E-state index contributed by atoms with van der Waals surface area (Å²) in [6.07, 6.45) is 1.14. The van der Waals surface area contributed by atoms with Crippen molar-refractivity contribution >= 4 is 16.9 Å². The number of carboxylic acids is 1. The van der Waals surface area contributed by atoms with Crippen LogP contribution in [0.2, 0.25) is 0 Å². The molecular weight excluding hydrogens is 292 g/mol. The van der Waals surface area contributed by atoms with E-state index in [9.17, 15) is 15.0 Å². The van der Waals surface area contributed by atoms with Gasteiger partial charge in [0.05, 0.1) is 17.2 Å². The van der Waals surface area contributed by atoms with E-state index in [0.29, 0.717) is 18.5 Å². The molecule has 5 nitrogen and oxygen atoms in total. The monoisotopic (exact) mass is 316 g/mol. The lowest BCUT2D eigenvalue weighted by Gasteiger charge is -2.24. The molecule has 0 amide bonds. The van der Waals surface area contributed by atoms with Crippen molar-refractivity contribution in [2.75, 3.05) is 13.6 Å². The van der Waals surface area contributed by atoms with E-state index in [1.54, 1.807) is 6.92 Å². The summed E-state index contributed by atoms with van der Waals surface area (Å²) in [4.78, 5) is 14.1. The number of benzene rings is 1. The number of aromatic nitrogens is 1. The van der Waals surface area contributed by atoms with Crippen LogP contribution in [0.25, 0.3) is 10.9 Å². The standard InChI is InChI=1S/C18H24N2O3/c1-11-4-5-13-14-10-19(3)8-7-15(14)20(9-6-12(2)21)17(13)16(11)18(22)23/h4-5,12,21H,6-10H2,1-3H3,(H,22,23). The topological polar surface area (TPSA) is 65.7 Å². The second-order valence-corrected chi connectivity index (χ2v) is 6.66. The lowest BCUT2D eigenvalue weighted by Crippen LogP contribution is -2.27. The molecule has 1 aromatic carbocycles. The number of rotatable bonds is 4. The first-order valence-corrected chi connectivity index (χ1v) is 8.13. The normalized spacial score (nSPS) is 16.5. The fraction of sp³-hybridized carbons (Fsp3) is 0.500. The fourth-order valence-corrected chi connectivity index (χ4v) is 3.61. The highest BCUT2D eigenvalue weighted by Gasteiger charge is 2.26. The minimum atomic E-state index is -0.880. The first kappa shape index (κ1) is 16.0. The fourth-order valence-electron chi connectivity index (χ4n) is 3.61. The number of aryl methyl sites for hydroxylation is 2. The predicted octanol–water partition coefficient (Wildman–Crippen LogP) is 2.41. The van der Waals surface area contributed by atoms with Crippen LogP contribution in [0.15, 0.2) is 12.1 Å². The zero-order valence-corrected chi connectivity index (χ0v) is 14.0. The summed E-state index contributed by atoms with van der Waals surface area (Å²) in [7, 11) is 2.09. The van der Waals surface area contributed by atoms with Crippen LogP contribution in [0.5, 0.6) is 0 Å². The Morgan fingerprint density at radius 3 is 2.78 bits per heavy atom. The number of aromatic carboxylic acids is 1. The Hall–Kier alpha value is -1.85. The third kappa shape index (κ3) is 2.75. The van der Waals surface area contributed by atoms with Crippen LogP contribution in [0.1, 0.15) is 40.5 Å². The molecule has 0 saturated carbocycles. The summed E-state index contributed by atoms with van der Waals surface area (Å²) in [6, 6.07) is 3.95. The zero-order chi connectivity index (χ0) is 16.7. The SMILES string of the molecule is Cc1ccc2c3c(n(CCC(C)O)c2c1C(=O)O)CCN(C)C3. The molecule has 2 heterocycles. The van der Waals surface area contributed by atoms with Crippen molar-refractivity contribution in [2.45, 2.75) is 45.9 Å². The maximum atomic E-state index is 11.8. The molecule has 2 aromatic rings. The third-order valence-corrected chi connectivity index (χ3v) is 4.80. The summed E-state index contributed by atoms with van der Waals surface area (Å²) in [6.45, 7) is 6.08. The minimum Gasteiger partial charge on any atom is -0.478 e. The molecule has 23 heavy (non-hydrogen) atoms. The van der Waals surface area contributed by atoms with Gasteiger partial charge in [-0.1, -0.05) is 12.1 Å². The second-order valence-electron chi connectivity index (χ2n) is 6.66. The van der Waals surface area contributed by atoms with Crippen LogP contribution in [-0.2, 0) is 19.5 Å². The number of hydrogen-bond acceptors (Lipinski definition) is 3. The molecule has 0 radical (unpaired) electrons. The van der Waals surface area contributed by atoms with Crippen molar-refractivity contribution < 1.29 is 15.0 Å². The Morgan fingerprint density at radius 2 is 2.13 bits per heavy atom. The molecule has 0 fully saturated rings. The van der Waals surface area contributed by atoms with Crippen molar-refractivity contribution in [2.24, 2.45) is 0 Å². The van der Waals surface area contributed by atoms with Gasteiger partial charge in [-0.05, 0) is 38.4 Å². The van der Waals surface area contributed by atoms with Crippen LogP contribution in [0.4, 0.5) is 0 Å². The lowest BCUT2D eigenvalue weighted by molar-refractivity contribution is 0.0698. The molecule has 0 aliphatic carbocycles. The quantitative estimate of drug-likeness (QED) is 0.909. The third-order valence-electron chi connectivity index (χ3n) is 4.80. The van der Waals surface area contributed by atoms with Crippen molar-refractivity contribution in [3.63, 3.8) is 0 Å². The Kier molecular flexibility index (Phi) is 4.17. The van der Waals surface area contributed by atoms with E-state index >= 15 is 0 Å². The van der Waals surface area contributed by atoms with E-state index in [-0.39, 0.29) is 0 Å². The Balaban J connectivity index is 2.28. The molecule has 1 atom stereocenters. The molecule has 2 N–H and O–H groups in total. The zero-order valence-electron chi connectivity index (χ0n) is 14.0. The molecular formula is C18H24N2O3. The van der Waals surface area contributed by atoms with E-state index in [1.807, 2.05) is 19.1 Å². The maximum absolute atomic E-state index is 11.8. The molecule has 0 saturated heterocycles. The smallest absolute Gasteiger partial charge is 0.338 e. The van der Waals surface area contributed by atoms with Crippen molar-refractivity contribution in [1.82, 2.24) is 9.47 Å². The van der Waals surface area contributed by atoms with E-state index in [1.165, 1.54) is 11.3 Å². The van der Waals surface area contributed by atoms with Gasteiger partial charge in [0.1, 0.15) is 0 Å². The molecule has 1 unspecified atom stereocenters. The van der Waals surface area contributed by atoms with Crippen LogP contribution >= 0.6 is 0 Å². The van der Waals surface area contributed by atoms with Crippen LogP contribution in [0, 0.1) is 6.92 Å². The van der Waals surface area contributed by atoms with Gasteiger partial charge < -0.3 is 19.7 Å². The highest BCUT2D eigenvalue weighted by Crippen LogP contribution is 2.34. The van der Waals surface area contributed by atoms with Gasteiger partial charge in [0.2, 0.25) is 0 Å². The van der Waals surface area contributed by atoms with E-state index in [0.717, 1.165) is 36.0 Å². The summed E-state index contributed by atoms with van der Waals surface area (Å²) in [5, 5.41) is 20.4. The van der Waals surface area contributed by atoms with Gasteiger partial charge in [-0.15, -0.1) is 0 Å². The van der Waals surface area contributed by atoms with Crippen molar-refractivity contribution in [3.05, 3.63) is 34.5 Å². The number of nitrogens with zero attached hydrogens (tertiary/aromatic N) is 2. The van der Waals surface area contributed by atoms with Crippen LogP contribution in [0.3, 0.4) is 0 Å². The van der Waals surface area contributed by atoms with Crippen molar-refractivity contribution in [1.29, 1.82) is 0 Å². The molecule has 1 aliphatic heterocycles. The molecule has 3 rings (SSSR count). The number of hydrogen-bond donors (Lipinski definition) is 2. The largest absolute Gasteiger partial charge is 0.478 e. The molecule has 1 aromatic heterocycles. The number of aliphatic hydroxyl groups excluding tert-OH is 1. The molecule has 124 valence electrons. The van der Waals surface area contributed by atoms with Gasteiger partial charge >= 0.3 is 5.97 Å². The molecule has 0 spiro atoms. The minimum absolute atomic E-state index is 0.394. The van der Waals surface area contributed by atoms with Gasteiger partial charge in [-0.2, -0.15) is 0 Å². The second kappa shape index (κ2) is 5.98. The van der Waals surface area contributed by atoms with Gasteiger partial charge in [0.25, 0.3) is 0 Å². The Bertz CT molecular complexity index is 761. The number of carbonyl (C=O) groups is 1. The number of likely N-dealkylation sites (N-methyl/N-ethyl adjacent to an activating group) is 1. The molecule has 1 aliphatic rings. The van der Waals surface area contributed by atoms with Gasteiger partial charge in [0.15, 0.2) is 0 Å². The van der Waals surface area contributed by atoms with E-state index < -0.39 is 12.1 Å². The van der Waals surface area contributed by atoms with Crippen LogP contribution < -0.4 is 0 Å². The average Bonchev–Trinajstić information content (AvgIpc) is 2.77. The number of carboxylic acid groups (broad SMARTS) is 1. The average molecular weight is 316 g/mol. The summed E-state index contributed by atoms with van der Waals surface area (Å²) in [5.74, 6) is -0.880. The highest BCUT2D eigenvalue weighted by molar-refractivity contribution is 6.05. The highest BCUT2D eigenvalue weighted by atomic mass is 16.4. The summed E-state index contributed by atoms with van der Waals surface area (Å²) in [5.41, 5.74) is 4.46. The summed E-state index contributed by atoms with van der Waals surface area (Å²) < 4.78 is 2.14. The van der Waals surface area contributed by atoms with Crippen LogP contribution in [-0.4, -0.2) is 45.3 Å². The Morgan fingerprint density at radius 1 is 1.39 bits per heavy atom. The first-order valence-electron chi connectivity index (χ1n) is 8.13. The van der Waals surface area contributed by atoms with Gasteiger partial charge in [-0.3, -0.25) is 0 Å². The number of aliphatic hydroxyl groups is 1. The number of fused-ring (bicyclic) bond motifs is 3. The van der Waals surface area contributed by atoms with E-state index in [4.69, 9.17) is 0 Å². The van der Waals surface area contributed by atoms with Gasteiger partial charge in [-0.25, -0.2) is 4.79 Å².